The van der Waals surface area contributed by atoms with E-state index in [1.807, 2.05) is 29.8 Å². The zero-order chi connectivity index (χ0) is 9.26. The number of hydrogen-bond donors (Lipinski definition) is 1. The van der Waals surface area contributed by atoms with Crippen LogP contribution in [0.4, 0.5) is 0 Å². The maximum absolute atomic E-state index is 5.95. The van der Waals surface area contributed by atoms with E-state index in [2.05, 4.69) is 10.3 Å². The minimum absolute atomic E-state index is 0.561. The lowest BCUT2D eigenvalue weighted by Gasteiger charge is -2.02. The Kier molecular flexibility index (Phi) is 2.20. The number of nitrogens with one attached hydrogen (secondary N) is 1. The van der Waals surface area contributed by atoms with Crippen molar-refractivity contribution in [3.8, 4) is 0 Å². The van der Waals surface area contributed by atoms with Crippen LogP contribution in [0.5, 0.6) is 0 Å². The maximum atomic E-state index is 5.95. The second-order valence-electron chi connectivity index (χ2n) is 2.86. The van der Waals surface area contributed by atoms with Crippen LogP contribution >= 0.6 is 11.6 Å². The van der Waals surface area contributed by atoms with E-state index in [-0.39, 0.29) is 0 Å². The summed E-state index contributed by atoms with van der Waals surface area (Å²) in [4.78, 5) is 4.04. The second-order valence-corrected chi connectivity index (χ2v) is 3.21. The van der Waals surface area contributed by atoms with Gasteiger partial charge in [-0.3, -0.25) is 0 Å². The molecule has 3 nitrogen and oxygen atoms in total. The Morgan fingerprint density at radius 2 is 2.46 bits per heavy atom. The first-order chi connectivity index (χ1) is 6.33. The van der Waals surface area contributed by atoms with Crippen molar-refractivity contribution in [2.24, 2.45) is 0 Å². The minimum atomic E-state index is 0.561. The summed E-state index contributed by atoms with van der Waals surface area (Å²) in [6.45, 7) is 0.801. The lowest BCUT2D eigenvalue weighted by atomic mass is 10.2. The summed E-state index contributed by atoms with van der Waals surface area (Å²) in [5.74, 6) is 0. The minimum Gasteiger partial charge on any atom is -0.316 e. The molecule has 0 saturated heterocycles. The summed E-state index contributed by atoms with van der Waals surface area (Å²) < 4.78 is 1.93. The fraction of sp³-hybridized carbons (Fsp3) is 0.222. The molecule has 2 heterocycles. The van der Waals surface area contributed by atoms with Crippen LogP contribution in [0.1, 0.15) is 5.56 Å². The number of hydrogen-bond acceptors (Lipinski definition) is 2. The summed E-state index contributed by atoms with van der Waals surface area (Å²) in [6, 6.07) is 4.02. The Balaban J connectivity index is 2.65. The molecule has 68 valence electrons. The Hall–Kier alpha value is -1.06. The summed E-state index contributed by atoms with van der Waals surface area (Å²) in [5.41, 5.74) is 2.14. The van der Waals surface area contributed by atoms with Gasteiger partial charge in [0.2, 0.25) is 0 Å². The van der Waals surface area contributed by atoms with Gasteiger partial charge in [-0.25, -0.2) is 4.98 Å². The van der Waals surface area contributed by atoms with Crippen molar-refractivity contribution >= 4 is 17.1 Å². The molecular formula is C9H10ClN3. The molecule has 13 heavy (non-hydrogen) atoms. The molecule has 0 aliphatic heterocycles. The van der Waals surface area contributed by atoms with Crippen LogP contribution in [0, 0.1) is 0 Å². The molecule has 0 radical (unpaired) electrons. The lowest BCUT2D eigenvalue weighted by Crippen LogP contribution is -2.06. The van der Waals surface area contributed by atoms with E-state index in [0.717, 1.165) is 17.6 Å². The summed E-state index contributed by atoms with van der Waals surface area (Å²) in [7, 11) is 1.91. The Labute approximate surface area is 81.4 Å². The molecule has 4 heteroatoms. The number of fused-ring (bicyclic) bond motifs is 1. The molecule has 0 aliphatic rings. The van der Waals surface area contributed by atoms with Gasteiger partial charge in [-0.2, -0.15) is 0 Å². The standard InChI is InChI=1S/C9H10ClN3/c1-11-5-7-3-2-4-13-6-12-9(10)8(7)13/h2-4,6,11H,5H2,1H3. The average Bonchev–Trinajstić information content (AvgIpc) is 2.50. The average molecular weight is 196 g/mol. The number of halogens is 1. The van der Waals surface area contributed by atoms with Crippen LogP contribution in [0.3, 0.4) is 0 Å². The van der Waals surface area contributed by atoms with Crippen LogP contribution in [-0.4, -0.2) is 16.4 Å². The first-order valence-corrected chi connectivity index (χ1v) is 4.45. The summed E-state index contributed by atoms with van der Waals surface area (Å²) >= 11 is 5.95. The van der Waals surface area contributed by atoms with Crippen LogP contribution in [0.2, 0.25) is 5.15 Å². The predicted molar refractivity (Wildman–Crippen MR) is 53.0 cm³/mol. The Bertz CT molecular complexity index is 422. The predicted octanol–water partition coefficient (Wildman–Crippen LogP) is 1.71. The molecule has 1 N–H and O–H groups in total. The normalized spacial score (nSPS) is 10.9. The molecule has 0 aromatic carbocycles. The maximum Gasteiger partial charge on any atom is 0.155 e. The molecule has 0 fully saturated rings. The highest BCUT2D eigenvalue weighted by Crippen LogP contribution is 2.19. The fourth-order valence-corrected chi connectivity index (χ4v) is 1.68. The van der Waals surface area contributed by atoms with Crippen LogP contribution in [-0.2, 0) is 6.54 Å². The van der Waals surface area contributed by atoms with Gasteiger partial charge in [-0.1, -0.05) is 17.7 Å². The van der Waals surface area contributed by atoms with Gasteiger partial charge < -0.3 is 9.72 Å². The van der Waals surface area contributed by atoms with E-state index in [4.69, 9.17) is 11.6 Å². The van der Waals surface area contributed by atoms with Crippen molar-refractivity contribution in [1.82, 2.24) is 14.7 Å². The summed E-state index contributed by atoms with van der Waals surface area (Å²) in [6.07, 6.45) is 3.66. The zero-order valence-corrected chi connectivity index (χ0v) is 8.04. The van der Waals surface area contributed by atoms with Gasteiger partial charge in [0.15, 0.2) is 5.15 Å². The first-order valence-electron chi connectivity index (χ1n) is 4.07. The van der Waals surface area contributed by atoms with Crippen molar-refractivity contribution in [1.29, 1.82) is 0 Å². The van der Waals surface area contributed by atoms with E-state index in [1.54, 1.807) is 6.33 Å². The van der Waals surface area contributed by atoms with Crippen molar-refractivity contribution in [3.05, 3.63) is 35.4 Å². The van der Waals surface area contributed by atoms with E-state index in [1.165, 1.54) is 0 Å². The third-order valence-electron chi connectivity index (χ3n) is 1.96. The number of nitrogens with zero attached hydrogens (tertiary/aromatic N) is 2. The monoisotopic (exact) mass is 195 g/mol. The van der Waals surface area contributed by atoms with Gasteiger partial charge in [0.05, 0.1) is 5.52 Å². The molecule has 0 spiro atoms. The van der Waals surface area contributed by atoms with Gasteiger partial charge in [-0.15, -0.1) is 0 Å². The van der Waals surface area contributed by atoms with Gasteiger partial charge in [-0.05, 0) is 18.7 Å². The molecule has 0 aliphatic carbocycles. The molecular weight excluding hydrogens is 186 g/mol. The topological polar surface area (TPSA) is 29.3 Å². The molecule has 2 rings (SSSR count). The highest BCUT2D eigenvalue weighted by molar-refractivity contribution is 6.32. The highest BCUT2D eigenvalue weighted by atomic mass is 35.5. The number of imidazole rings is 1. The summed E-state index contributed by atoms with van der Waals surface area (Å²) in [5, 5.41) is 3.65. The second kappa shape index (κ2) is 3.36. The molecule has 2 aromatic rings. The SMILES string of the molecule is CNCc1cccn2cnc(Cl)c12. The van der Waals surface area contributed by atoms with Crippen molar-refractivity contribution in [3.63, 3.8) is 0 Å². The van der Waals surface area contributed by atoms with E-state index in [9.17, 15) is 0 Å². The molecule has 0 saturated carbocycles. The van der Waals surface area contributed by atoms with Crippen LogP contribution in [0.15, 0.2) is 24.7 Å². The molecule has 0 bridgehead atoms. The van der Waals surface area contributed by atoms with Gasteiger partial charge >= 0.3 is 0 Å². The lowest BCUT2D eigenvalue weighted by molar-refractivity contribution is 0.819. The van der Waals surface area contributed by atoms with Crippen LogP contribution < -0.4 is 5.32 Å². The van der Waals surface area contributed by atoms with Gasteiger partial charge in [0.25, 0.3) is 0 Å². The zero-order valence-electron chi connectivity index (χ0n) is 7.29. The molecule has 2 aromatic heterocycles. The van der Waals surface area contributed by atoms with Crippen molar-refractivity contribution in [2.45, 2.75) is 6.54 Å². The third-order valence-corrected chi connectivity index (χ3v) is 2.24. The largest absolute Gasteiger partial charge is 0.316 e. The fourth-order valence-electron chi connectivity index (χ4n) is 1.41. The van der Waals surface area contributed by atoms with Crippen molar-refractivity contribution in [2.75, 3.05) is 7.05 Å². The Morgan fingerprint density at radius 1 is 1.62 bits per heavy atom. The number of aromatic nitrogens is 2. The van der Waals surface area contributed by atoms with Crippen molar-refractivity contribution < 1.29 is 0 Å². The quantitative estimate of drug-likeness (QED) is 0.791. The smallest absolute Gasteiger partial charge is 0.155 e. The van der Waals surface area contributed by atoms with Gasteiger partial charge in [0.1, 0.15) is 6.33 Å². The van der Waals surface area contributed by atoms with Gasteiger partial charge in [0, 0.05) is 12.7 Å². The number of pyridine rings is 1. The molecule has 0 amide bonds. The first kappa shape index (κ1) is 8.53. The number of rotatable bonds is 2. The Morgan fingerprint density at radius 3 is 3.23 bits per heavy atom. The third kappa shape index (κ3) is 1.41. The van der Waals surface area contributed by atoms with E-state index in [0.29, 0.717) is 5.15 Å². The highest BCUT2D eigenvalue weighted by Gasteiger charge is 2.05. The van der Waals surface area contributed by atoms with E-state index >= 15 is 0 Å². The molecule has 0 atom stereocenters. The van der Waals surface area contributed by atoms with Crippen LogP contribution in [0.25, 0.3) is 5.52 Å². The molecule has 0 unspecified atom stereocenters. The van der Waals surface area contributed by atoms with E-state index < -0.39 is 0 Å².